The van der Waals surface area contributed by atoms with E-state index in [1.165, 1.54) is 17.7 Å². The molecule has 2 heteroatoms. The van der Waals surface area contributed by atoms with Crippen LogP contribution < -0.4 is 10.6 Å². The predicted octanol–water partition coefficient (Wildman–Crippen LogP) is 2.60. The summed E-state index contributed by atoms with van der Waals surface area (Å²) in [5.74, 6) is 1.27. The second-order valence-electron chi connectivity index (χ2n) is 5.12. The van der Waals surface area contributed by atoms with E-state index in [-0.39, 0.29) is 0 Å². The Balaban J connectivity index is 2.27. The highest BCUT2D eigenvalue weighted by molar-refractivity contribution is 5.57. The molecule has 0 fully saturated rings. The molecule has 2 rings (SSSR count). The number of anilines is 1. The Kier molecular flexibility index (Phi) is 3.49. The Labute approximate surface area is 98.4 Å². The minimum atomic E-state index is 0.555. The molecule has 16 heavy (non-hydrogen) atoms. The molecule has 0 saturated heterocycles. The SMILES string of the molecule is CC(C)CN1CC[C@H](CN)c2ccccc21. The number of hydrogen-bond acceptors (Lipinski definition) is 2. The number of nitrogens with two attached hydrogens (primary N) is 1. The Hall–Kier alpha value is -1.02. The van der Waals surface area contributed by atoms with Crippen LogP contribution in [-0.4, -0.2) is 19.6 Å². The summed E-state index contributed by atoms with van der Waals surface area (Å²) in [6.45, 7) is 7.62. The third-order valence-corrected chi connectivity index (χ3v) is 3.33. The van der Waals surface area contributed by atoms with Gasteiger partial charge in [-0.1, -0.05) is 32.0 Å². The lowest BCUT2D eigenvalue weighted by Crippen LogP contribution is -2.35. The van der Waals surface area contributed by atoms with Gasteiger partial charge in [-0.05, 0) is 36.4 Å². The average Bonchev–Trinajstić information content (AvgIpc) is 2.29. The number of para-hydroxylation sites is 1. The van der Waals surface area contributed by atoms with Gasteiger partial charge in [-0.25, -0.2) is 0 Å². The largest absolute Gasteiger partial charge is 0.371 e. The summed E-state index contributed by atoms with van der Waals surface area (Å²) >= 11 is 0. The highest BCUT2D eigenvalue weighted by Gasteiger charge is 2.23. The van der Waals surface area contributed by atoms with E-state index in [1.807, 2.05) is 0 Å². The zero-order valence-corrected chi connectivity index (χ0v) is 10.3. The van der Waals surface area contributed by atoms with Gasteiger partial charge in [0.2, 0.25) is 0 Å². The molecule has 1 atom stereocenters. The summed E-state index contributed by atoms with van der Waals surface area (Å²) in [5, 5.41) is 0. The number of fused-ring (bicyclic) bond motifs is 1. The van der Waals surface area contributed by atoms with Crippen molar-refractivity contribution in [2.75, 3.05) is 24.5 Å². The first-order valence-electron chi connectivity index (χ1n) is 6.26. The van der Waals surface area contributed by atoms with Crippen LogP contribution in [0.25, 0.3) is 0 Å². The predicted molar refractivity (Wildman–Crippen MR) is 69.9 cm³/mol. The first-order valence-corrected chi connectivity index (χ1v) is 6.26. The molecule has 0 spiro atoms. The highest BCUT2D eigenvalue weighted by atomic mass is 15.1. The van der Waals surface area contributed by atoms with Crippen LogP contribution >= 0.6 is 0 Å². The molecule has 0 radical (unpaired) electrons. The van der Waals surface area contributed by atoms with Crippen molar-refractivity contribution in [3.05, 3.63) is 29.8 Å². The Morgan fingerprint density at radius 2 is 2.12 bits per heavy atom. The fourth-order valence-electron chi connectivity index (χ4n) is 2.58. The first-order chi connectivity index (χ1) is 7.72. The van der Waals surface area contributed by atoms with Gasteiger partial charge in [-0.3, -0.25) is 0 Å². The monoisotopic (exact) mass is 218 g/mol. The number of benzene rings is 1. The summed E-state index contributed by atoms with van der Waals surface area (Å²) in [5.41, 5.74) is 8.69. The van der Waals surface area contributed by atoms with Gasteiger partial charge in [0.05, 0.1) is 0 Å². The second-order valence-corrected chi connectivity index (χ2v) is 5.12. The Morgan fingerprint density at radius 3 is 2.81 bits per heavy atom. The highest BCUT2D eigenvalue weighted by Crippen LogP contribution is 2.34. The molecule has 0 saturated carbocycles. The molecule has 1 aliphatic heterocycles. The van der Waals surface area contributed by atoms with Gasteiger partial charge in [0.15, 0.2) is 0 Å². The van der Waals surface area contributed by atoms with Crippen LogP contribution in [-0.2, 0) is 0 Å². The van der Waals surface area contributed by atoms with Crippen LogP contribution in [0.4, 0.5) is 5.69 Å². The third-order valence-electron chi connectivity index (χ3n) is 3.33. The Morgan fingerprint density at radius 1 is 1.38 bits per heavy atom. The van der Waals surface area contributed by atoms with Gasteiger partial charge < -0.3 is 10.6 Å². The van der Waals surface area contributed by atoms with E-state index in [2.05, 4.69) is 43.0 Å². The lowest BCUT2D eigenvalue weighted by atomic mass is 9.89. The van der Waals surface area contributed by atoms with E-state index < -0.39 is 0 Å². The molecule has 1 aromatic carbocycles. The number of hydrogen-bond donors (Lipinski definition) is 1. The van der Waals surface area contributed by atoms with Crippen LogP contribution in [0.2, 0.25) is 0 Å². The fraction of sp³-hybridized carbons (Fsp3) is 0.571. The van der Waals surface area contributed by atoms with E-state index in [0.29, 0.717) is 11.8 Å². The first kappa shape index (κ1) is 11.5. The van der Waals surface area contributed by atoms with Crippen molar-refractivity contribution in [2.24, 2.45) is 11.7 Å². The molecule has 0 aromatic heterocycles. The molecule has 2 nitrogen and oxygen atoms in total. The molecule has 0 amide bonds. The van der Waals surface area contributed by atoms with Crippen LogP contribution in [0, 0.1) is 5.92 Å². The molecule has 88 valence electrons. The molecule has 1 heterocycles. The van der Waals surface area contributed by atoms with Crippen molar-refractivity contribution in [1.29, 1.82) is 0 Å². The van der Waals surface area contributed by atoms with Gasteiger partial charge in [0, 0.05) is 18.8 Å². The van der Waals surface area contributed by atoms with E-state index in [0.717, 1.165) is 19.6 Å². The molecule has 1 aromatic rings. The standard InChI is InChI=1S/C14H22N2/c1-11(2)10-16-8-7-12(9-15)13-5-3-4-6-14(13)16/h3-6,11-12H,7-10,15H2,1-2H3/t12-/m1/s1. The minimum Gasteiger partial charge on any atom is -0.371 e. The van der Waals surface area contributed by atoms with Gasteiger partial charge in [0.1, 0.15) is 0 Å². The summed E-state index contributed by atoms with van der Waals surface area (Å²) in [6.07, 6.45) is 1.19. The quantitative estimate of drug-likeness (QED) is 0.845. The zero-order chi connectivity index (χ0) is 11.5. The van der Waals surface area contributed by atoms with Gasteiger partial charge in [-0.2, -0.15) is 0 Å². The summed E-state index contributed by atoms with van der Waals surface area (Å²) < 4.78 is 0. The van der Waals surface area contributed by atoms with Crippen molar-refractivity contribution < 1.29 is 0 Å². The van der Waals surface area contributed by atoms with Crippen LogP contribution in [0.1, 0.15) is 31.7 Å². The van der Waals surface area contributed by atoms with Crippen molar-refractivity contribution in [2.45, 2.75) is 26.2 Å². The summed E-state index contributed by atoms with van der Waals surface area (Å²) in [4.78, 5) is 2.51. The van der Waals surface area contributed by atoms with Crippen LogP contribution in [0.5, 0.6) is 0 Å². The molecule has 1 aliphatic rings. The average molecular weight is 218 g/mol. The Bertz CT molecular complexity index is 346. The molecular formula is C14H22N2. The molecular weight excluding hydrogens is 196 g/mol. The van der Waals surface area contributed by atoms with Crippen molar-refractivity contribution >= 4 is 5.69 Å². The molecule has 0 bridgehead atoms. The lowest BCUT2D eigenvalue weighted by Gasteiger charge is -2.36. The van der Waals surface area contributed by atoms with Gasteiger partial charge in [-0.15, -0.1) is 0 Å². The number of nitrogens with zero attached hydrogens (tertiary/aromatic N) is 1. The lowest BCUT2D eigenvalue weighted by molar-refractivity contribution is 0.540. The third kappa shape index (κ3) is 2.22. The molecule has 0 aliphatic carbocycles. The van der Waals surface area contributed by atoms with Crippen molar-refractivity contribution in [1.82, 2.24) is 0 Å². The molecule has 2 N–H and O–H groups in total. The van der Waals surface area contributed by atoms with Crippen molar-refractivity contribution in [3.8, 4) is 0 Å². The maximum atomic E-state index is 5.85. The van der Waals surface area contributed by atoms with Gasteiger partial charge in [0.25, 0.3) is 0 Å². The minimum absolute atomic E-state index is 0.555. The normalized spacial score (nSPS) is 20.0. The van der Waals surface area contributed by atoms with E-state index in [1.54, 1.807) is 0 Å². The summed E-state index contributed by atoms with van der Waals surface area (Å²) in [7, 11) is 0. The van der Waals surface area contributed by atoms with Crippen molar-refractivity contribution in [3.63, 3.8) is 0 Å². The van der Waals surface area contributed by atoms with E-state index in [9.17, 15) is 0 Å². The van der Waals surface area contributed by atoms with Gasteiger partial charge >= 0.3 is 0 Å². The molecule has 0 unspecified atom stereocenters. The smallest absolute Gasteiger partial charge is 0.0402 e. The summed E-state index contributed by atoms with van der Waals surface area (Å²) in [6, 6.07) is 8.73. The van der Waals surface area contributed by atoms with Crippen LogP contribution in [0.3, 0.4) is 0 Å². The topological polar surface area (TPSA) is 29.3 Å². The number of rotatable bonds is 3. The van der Waals surface area contributed by atoms with E-state index >= 15 is 0 Å². The maximum absolute atomic E-state index is 5.85. The maximum Gasteiger partial charge on any atom is 0.0402 e. The second kappa shape index (κ2) is 4.88. The van der Waals surface area contributed by atoms with Crippen LogP contribution in [0.15, 0.2) is 24.3 Å². The zero-order valence-electron chi connectivity index (χ0n) is 10.3. The fourth-order valence-corrected chi connectivity index (χ4v) is 2.58. The van der Waals surface area contributed by atoms with E-state index in [4.69, 9.17) is 5.73 Å².